The fourth-order valence-electron chi connectivity index (χ4n) is 2.20. The maximum atomic E-state index is 12.5. The van der Waals surface area contributed by atoms with E-state index in [1.807, 2.05) is 18.2 Å². The molecule has 140 valence electrons. The van der Waals surface area contributed by atoms with Crippen LogP contribution in [0, 0.1) is 0 Å². The average molecular weight is 423 g/mol. The minimum atomic E-state index is -3.63. The van der Waals surface area contributed by atoms with Gasteiger partial charge >= 0.3 is 0 Å². The standard InChI is InChI=1S/C17H15ClN4O3S2/c1-22(2)27(24,25)12-7-5-6-11(10-12)15(23)19-17-21-20-16(26-17)13-8-3-4-9-14(13)18/h3-10H,1-2H3,(H,19,21,23). The van der Waals surface area contributed by atoms with E-state index in [0.29, 0.717) is 10.0 Å². The van der Waals surface area contributed by atoms with Crippen LogP contribution in [-0.2, 0) is 10.0 Å². The minimum Gasteiger partial charge on any atom is -0.296 e. The Kier molecular flexibility index (Phi) is 5.56. The quantitative estimate of drug-likeness (QED) is 0.680. The number of carbonyl (C=O) groups excluding carboxylic acids is 1. The predicted molar refractivity (Wildman–Crippen MR) is 106 cm³/mol. The largest absolute Gasteiger partial charge is 0.296 e. The number of sulfonamides is 1. The topological polar surface area (TPSA) is 92.3 Å². The van der Waals surface area contributed by atoms with Crippen molar-refractivity contribution < 1.29 is 13.2 Å². The van der Waals surface area contributed by atoms with Crippen molar-refractivity contribution in [2.45, 2.75) is 4.90 Å². The highest BCUT2D eigenvalue weighted by molar-refractivity contribution is 7.89. The van der Waals surface area contributed by atoms with Gasteiger partial charge in [0.25, 0.3) is 5.91 Å². The first-order valence-electron chi connectivity index (χ1n) is 7.71. The Balaban J connectivity index is 1.82. The van der Waals surface area contributed by atoms with Gasteiger partial charge in [0.05, 0.1) is 9.92 Å². The van der Waals surface area contributed by atoms with E-state index in [9.17, 15) is 13.2 Å². The van der Waals surface area contributed by atoms with Gasteiger partial charge < -0.3 is 0 Å². The Hall–Kier alpha value is -2.33. The van der Waals surface area contributed by atoms with Gasteiger partial charge in [0, 0.05) is 25.2 Å². The van der Waals surface area contributed by atoms with Gasteiger partial charge in [0.15, 0.2) is 5.01 Å². The number of nitrogens with zero attached hydrogens (tertiary/aromatic N) is 3. The Bertz CT molecular complexity index is 1100. The lowest BCUT2D eigenvalue weighted by atomic mass is 10.2. The van der Waals surface area contributed by atoms with E-state index in [1.54, 1.807) is 6.07 Å². The smallest absolute Gasteiger partial charge is 0.257 e. The summed E-state index contributed by atoms with van der Waals surface area (Å²) in [6.07, 6.45) is 0. The number of benzene rings is 2. The molecule has 1 amide bonds. The number of nitrogens with one attached hydrogen (secondary N) is 1. The highest BCUT2D eigenvalue weighted by Gasteiger charge is 2.19. The monoisotopic (exact) mass is 422 g/mol. The summed E-state index contributed by atoms with van der Waals surface area (Å²) in [6, 6.07) is 13.0. The molecule has 0 fully saturated rings. The number of anilines is 1. The number of amides is 1. The van der Waals surface area contributed by atoms with Crippen LogP contribution in [0.15, 0.2) is 53.4 Å². The third-order valence-electron chi connectivity index (χ3n) is 3.62. The molecule has 1 heterocycles. The molecule has 0 saturated heterocycles. The zero-order chi connectivity index (χ0) is 19.6. The summed E-state index contributed by atoms with van der Waals surface area (Å²) in [5.74, 6) is -0.479. The summed E-state index contributed by atoms with van der Waals surface area (Å²) in [7, 11) is -0.769. The van der Waals surface area contributed by atoms with Gasteiger partial charge in [-0.2, -0.15) is 0 Å². The number of halogens is 1. The highest BCUT2D eigenvalue weighted by atomic mass is 35.5. The molecule has 27 heavy (non-hydrogen) atoms. The number of carbonyl (C=O) groups is 1. The molecule has 0 aliphatic rings. The zero-order valence-corrected chi connectivity index (χ0v) is 16.8. The predicted octanol–water partition coefficient (Wildman–Crippen LogP) is 3.36. The lowest BCUT2D eigenvalue weighted by Crippen LogP contribution is -2.22. The molecule has 10 heteroatoms. The molecular formula is C17H15ClN4O3S2. The maximum Gasteiger partial charge on any atom is 0.257 e. The van der Waals surface area contributed by atoms with Crippen molar-refractivity contribution in [2.24, 2.45) is 0 Å². The van der Waals surface area contributed by atoms with Crippen LogP contribution >= 0.6 is 22.9 Å². The second-order valence-electron chi connectivity index (χ2n) is 5.66. The van der Waals surface area contributed by atoms with Crippen molar-refractivity contribution in [1.82, 2.24) is 14.5 Å². The Morgan fingerprint density at radius 3 is 2.56 bits per heavy atom. The normalized spacial score (nSPS) is 11.6. The van der Waals surface area contributed by atoms with Crippen LogP contribution in [0.1, 0.15) is 10.4 Å². The van der Waals surface area contributed by atoms with Crippen LogP contribution in [-0.4, -0.2) is 42.9 Å². The van der Waals surface area contributed by atoms with Crippen LogP contribution in [0.2, 0.25) is 5.02 Å². The minimum absolute atomic E-state index is 0.0363. The molecule has 2 aromatic carbocycles. The Labute approximate surface area is 165 Å². The maximum absolute atomic E-state index is 12.5. The molecule has 0 unspecified atom stereocenters. The highest BCUT2D eigenvalue weighted by Crippen LogP contribution is 2.31. The summed E-state index contributed by atoms with van der Waals surface area (Å²) in [4.78, 5) is 12.5. The molecule has 1 aromatic heterocycles. The second-order valence-corrected chi connectivity index (χ2v) is 9.20. The average Bonchev–Trinajstić information content (AvgIpc) is 3.10. The lowest BCUT2D eigenvalue weighted by Gasteiger charge is -2.12. The fourth-order valence-corrected chi connectivity index (χ4v) is 4.20. The summed E-state index contributed by atoms with van der Waals surface area (Å²) >= 11 is 7.32. The van der Waals surface area contributed by atoms with Gasteiger partial charge in [0.2, 0.25) is 15.2 Å². The Morgan fingerprint density at radius 1 is 1.11 bits per heavy atom. The van der Waals surface area contributed by atoms with Crippen molar-refractivity contribution in [2.75, 3.05) is 19.4 Å². The van der Waals surface area contributed by atoms with Crippen LogP contribution in [0.5, 0.6) is 0 Å². The van der Waals surface area contributed by atoms with Gasteiger partial charge in [-0.3, -0.25) is 10.1 Å². The van der Waals surface area contributed by atoms with Crippen LogP contribution < -0.4 is 5.32 Å². The molecule has 0 aliphatic carbocycles. The number of hydrogen-bond acceptors (Lipinski definition) is 6. The van der Waals surface area contributed by atoms with Gasteiger partial charge in [-0.25, -0.2) is 12.7 Å². The van der Waals surface area contributed by atoms with E-state index in [1.165, 1.54) is 49.7 Å². The number of rotatable bonds is 5. The van der Waals surface area contributed by atoms with Gasteiger partial charge in [-0.1, -0.05) is 47.2 Å². The van der Waals surface area contributed by atoms with Crippen molar-refractivity contribution in [1.29, 1.82) is 0 Å². The van der Waals surface area contributed by atoms with Crippen molar-refractivity contribution >= 4 is 44.0 Å². The van der Waals surface area contributed by atoms with Crippen molar-refractivity contribution in [3.63, 3.8) is 0 Å². The summed E-state index contributed by atoms with van der Waals surface area (Å²) in [6.45, 7) is 0. The number of hydrogen-bond donors (Lipinski definition) is 1. The molecule has 7 nitrogen and oxygen atoms in total. The van der Waals surface area contributed by atoms with Gasteiger partial charge in [-0.15, -0.1) is 10.2 Å². The molecule has 0 spiro atoms. The lowest BCUT2D eigenvalue weighted by molar-refractivity contribution is 0.102. The second kappa shape index (κ2) is 7.73. The summed E-state index contributed by atoms with van der Waals surface area (Å²) in [5, 5.41) is 12.0. The molecular weight excluding hydrogens is 408 g/mol. The molecule has 0 aliphatic heterocycles. The van der Waals surface area contributed by atoms with Crippen molar-refractivity contribution in [3.8, 4) is 10.6 Å². The molecule has 1 N–H and O–H groups in total. The fraction of sp³-hybridized carbons (Fsp3) is 0.118. The van der Waals surface area contributed by atoms with E-state index in [0.717, 1.165) is 9.87 Å². The SMILES string of the molecule is CN(C)S(=O)(=O)c1cccc(C(=O)Nc2nnc(-c3ccccc3Cl)s2)c1. The Morgan fingerprint density at radius 2 is 1.85 bits per heavy atom. The molecule has 0 saturated carbocycles. The van der Waals surface area contributed by atoms with Crippen LogP contribution in [0.25, 0.3) is 10.6 Å². The third-order valence-corrected chi connectivity index (χ3v) is 6.64. The molecule has 0 atom stereocenters. The first-order chi connectivity index (χ1) is 12.8. The number of aromatic nitrogens is 2. The van der Waals surface area contributed by atoms with E-state index in [2.05, 4.69) is 15.5 Å². The van der Waals surface area contributed by atoms with E-state index < -0.39 is 15.9 Å². The van der Waals surface area contributed by atoms with Crippen molar-refractivity contribution in [3.05, 3.63) is 59.1 Å². The molecule has 0 bridgehead atoms. The molecule has 3 rings (SSSR count). The first-order valence-corrected chi connectivity index (χ1v) is 10.3. The molecule has 0 radical (unpaired) electrons. The summed E-state index contributed by atoms with van der Waals surface area (Å²) < 4.78 is 25.5. The van der Waals surface area contributed by atoms with Gasteiger partial charge in [-0.05, 0) is 24.3 Å². The van der Waals surface area contributed by atoms with E-state index in [4.69, 9.17) is 11.6 Å². The van der Waals surface area contributed by atoms with Crippen LogP contribution in [0.4, 0.5) is 5.13 Å². The van der Waals surface area contributed by atoms with Crippen LogP contribution in [0.3, 0.4) is 0 Å². The molecule has 3 aromatic rings. The first kappa shape index (κ1) is 19.4. The van der Waals surface area contributed by atoms with Gasteiger partial charge in [0.1, 0.15) is 0 Å². The zero-order valence-electron chi connectivity index (χ0n) is 14.4. The van der Waals surface area contributed by atoms with E-state index >= 15 is 0 Å². The van der Waals surface area contributed by atoms with E-state index in [-0.39, 0.29) is 15.6 Å². The summed E-state index contributed by atoms with van der Waals surface area (Å²) in [5.41, 5.74) is 0.920. The third kappa shape index (κ3) is 4.16.